The Hall–Kier alpha value is -2.42. The van der Waals surface area contributed by atoms with Gasteiger partial charge >= 0.3 is 5.97 Å². The fraction of sp³-hybridized carbons (Fsp3) is 0.222. The number of carbonyl (C=O) groups excluding carboxylic acids is 1. The maximum absolute atomic E-state index is 12.7. The van der Waals surface area contributed by atoms with Gasteiger partial charge in [0.1, 0.15) is 0 Å². The number of anilines is 1. The lowest BCUT2D eigenvalue weighted by Crippen LogP contribution is -2.28. The lowest BCUT2D eigenvalue weighted by Gasteiger charge is -2.16. The van der Waals surface area contributed by atoms with Crippen molar-refractivity contribution in [2.24, 2.45) is 0 Å². The molecule has 0 atom stereocenters. The molecule has 9 heteroatoms. The molecule has 2 N–H and O–H groups in total. The molecular formula is C18H17ClN2O5S. The van der Waals surface area contributed by atoms with Crippen molar-refractivity contribution >= 4 is 39.2 Å². The average molecular weight is 409 g/mol. The number of hydrogen-bond acceptors (Lipinski definition) is 4. The lowest BCUT2D eigenvalue weighted by molar-refractivity contribution is 0.0696. The van der Waals surface area contributed by atoms with Crippen LogP contribution in [-0.4, -0.2) is 42.8 Å². The van der Waals surface area contributed by atoms with Crippen LogP contribution in [-0.2, 0) is 10.0 Å². The third kappa shape index (κ3) is 4.13. The Balaban J connectivity index is 1.89. The van der Waals surface area contributed by atoms with E-state index in [-0.39, 0.29) is 26.7 Å². The Morgan fingerprint density at radius 3 is 2.44 bits per heavy atom. The molecule has 0 spiro atoms. The average Bonchev–Trinajstić information content (AvgIpc) is 3.17. The molecule has 3 rings (SSSR count). The molecule has 142 valence electrons. The van der Waals surface area contributed by atoms with Crippen molar-refractivity contribution in [2.45, 2.75) is 17.7 Å². The third-order valence-corrected chi connectivity index (χ3v) is 6.48. The number of benzene rings is 2. The third-order valence-electron chi connectivity index (χ3n) is 4.25. The van der Waals surface area contributed by atoms with Crippen molar-refractivity contribution in [1.82, 2.24) is 4.31 Å². The summed E-state index contributed by atoms with van der Waals surface area (Å²) in [6, 6.07) is 9.71. The van der Waals surface area contributed by atoms with Crippen molar-refractivity contribution in [3.05, 3.63) is 58.6 Å². The van der Waals surface area contributed by atoms with Crippen LogP contribution in [0.3, 0.4) is 0 Å². The zero-order valence-corrected chi connectivity index (χ0v) is 15.8. The smallest absolute Gasteiger partial charge is 0.335 e. The number of rotatable bonds is 5. The van der Waals surface area contributed by atoms with E-state index in [9.17, 15) is 18.0 Å². The molecular weight excluding hydrogens is 392 g/mol. The molecule has 2 aromatic rings. The van der Waals surface area contributed by atoms with Crippen LogP contribution in [0.25, 0.3) is 0 Å². The maximum Gasteiger partial charge on any atom is 0.335 e. The molecule has 1 saturated heterocycles. The molecule has 1 amide bonds. The molecule has 7 nitrogen and oxygen atoms in total. The van der Waals surface area contributed by atoms with Crippen molar-refractivity contribution in [2.75, 3.05) is 18.4 Å². The van der Waals surface area contributed by atoms with Crippen molar-refractivity contribution in [1.29, 1.82) is 0 Å². The number of sulfonamides is 1. The van der Waals surface area contributed by atoms with Crippen LogP contribution >= 0.6 is 11.6 Å². The maximum atomic E-state index is 12.7. The quantitative estimate of drug-likeness (QED) is 0.791. The first-order valence-electron chi connectivity index (χ1n) is 8.23. The van der Waals surface area contributed by atoms with Gasteiger partial charge in [-0.2, -0.15) is 4.31 Å². The van der Waals surface area contributed by atoms with E-state index in [4.69, 9.17) is 16.7 Å². The van der Waals surface area contributed by atoms with Crippen LogP contribution in [0.1, 0.15) is 33.6 Å². The summed E-state index contributed by atoms with van der Waals surface area (Å²) in [5, 5.41) is 11.7. The van der Waals surface area contributed by atoms with Crippen molar-refractivity contribution in [3.8, 4) is 0 Å². The van der Waals surface area contributed by atoms with Gasteiger partial charge in [-0.05, 0) is 49.2 Å². The summed E-state index contributed by atoms with van der Waals surface area (Å²) in [5.74, 6) is -1.75. The van der Waals surface area contributed by atoms with E-state index in [0.717, 1.165) is 12.8 Å². The monoisotopic (exact) mass is 408 g/mol. The van der Waals surface area contributed by atoms with E-state index < -0.39 is 21.9 Å². The summed E-state index contributed by atoms with van der Waals surface area (Å²) in [6.07, 6.45) is 1.61. The van der Waals surface area contributed by atoms with E-state index in [0.29, 0.717) is 13.1 Å². The molecule has 0 unspecified atom stereocenters. The second kappa shape index (κ2) is 7.67. The van der Waals surface area contributed by atoms with E-state index in [1.165, 1.54) is 46.8 Å². The molecule has 2 aromatic carbocycles. The number of aromatic carboxylic acids is 1. The van der Waals surface area contributed by atoms with Gasteiger partial charge in [-0.15, -0.1) is 0 Å². The highest BCUT2D eigenvalue weighted by atomic mass is 35.5. The number of amides is 1. The van der Waals surface area contributed by atoms with Gasteiger partial charge in [0.05, 0.1) is 21.0 Å². The lowest BCUT2D eigenvalue weighted by atomic mass is 10.1. The van der Waals surface area contributed by atoms with Gasteiger partial charge in [0.2, 0.25) is 10.0 Å². The number of hydrogen-bond donors (Lipinski definition) is 2. The Bertz CT molecular complexity index is 1000. The van der Waals surface area contributed by atoms with E-state index in [1.807, 2.05) is 0 Å². The summed E-state index contributed by atoms with van der Waals surface area (Å²) < 4.78 is 26.8. The fourth-order valence-electron chi connectivity index (χ4n) is 2.84. The standard InChI is InChI=1S/C18H17ClN2O5S/c19-16-7-6-14(27(25,26)21-8-1-2-9-21)11-15(16)17(22)20-13-5-3-4-12(10-13)18(23)24/h3-7,10-11H,1-2,8-9H2,(H,20,22)(H,23,24). The second-order valence-corrected chi connectivity index (χ2v) is 8.44. The molecule has 1 aliphatic rings. The Morgan fingerprint density at radius 1 is 1.07 bits per heavy atom. The first kappa shape index (κ1) is 19.3. The molecule has 0 aromatic heterocycles. The van der Waals surface area contributed by atoms with Crippen LogP contribution in [0.4, 0.5) is 5.69 Å². The molecule has 1 heterocycles. The predicted octanol–water partition coefficient (Wildman–Crippen LogP) is 3.08. The van der Waals surface area contributed by atoms with Crippen LogP contribution in [0.15, 0.2) is 47.4 Å². The molecule has 0 saturated carbocycles. The summed E-state index contributed by atoms with van der Waals surface area (Å²) in [6.45, 7) is 0.906. The van der Waals surface area contributed by atoms with Crippen LogP contribution in [0, 0.1) is 0 Å². The van der Waals surface area contributed by atoms with Gasteiger partial charge in [-0.25, -0.2) is 13.2 Å². The molecule has 1 fully saturated rings. The van der Waals surface area contributed by atoms with Gasteiger partial charge in [-0.1, -0.05) is 17.7 Å². The highest BCUT2D eigenvalue weighted by molar-refractivity contribution is 7.89. The molecule has 0 radical (unpaired) electrons. The van der Waals surface area contributed by atoms with E-state index in [1.54, 1.807) is 0 Å². The van der Waals surface area contributed by atoms with Gasteiger partial charge < -0.3 is 10.4 Å². The summed E-state index contributed by atoms with van der Waals surface area (Å²) >= 11 is 6.09. The molecule has 0 bridgehead atoms. The van der Waals surface area contributed by atoms with Crippen molar-refractivity contribution < 1.29 is 23.1 Å². The van der Waals surface area contributed by atoms with Gasteiger partial charge in [0.15, 0.2) is 0 Å². The first-order chi connectivity index (χ1) is 12.8. The minimum absolute atomic E-state index is 0.00163. The van der Waals surface area contributed by atoms with Crippen LogP contribution in [0.5, 0.6) is 0 Å². The Kier molecular flexibility index (Phi) is 5.50. The summed E-state index contributed by atoms with van der Waals surface area (Å²) in [5.41, 5.74) is 0.283. The van der Waals surface area contributed by atoms with Crippen LogP contribution < -0.4 is 5.32 Å². The minimum atomic E-state index is -3.69. The summed E-state index contributed by atoms with van der Waals surface area (Å²) in [4.78, 5) is 23.6. The van der Waals surface area contributed by atoms with E-state index in [2.05, 4.69) is 5.32 Å². The zero-order valence-electron chi connectivity index (χ0n) is 14.2. The number of halogens is 1. The molecule has 0 aliphatic carbocycles. The van der Waals surface area contributed by atoms with Crippen LogP contribution in [0.2, 0.25) is 5.02 Å². The van der Waals surface area contributed by atoms with Gasteiger partial charge in [-0.3, -0.25) is 4.79 Å². The number of nitrogens with zero attached hydrogens (tertiary/aromatic N) is 1. The number of carboxylic acids is 1. The fourth-order valence-corrected chi connectivity index (χ4v) is 4.59. The normalized spacial score (nSPS) is 14.9. The molecule has 27 heavy (non-hydrogen) atoms. The number of nitrogens with one attached hydrogen (secondary N) is 1. The number of carbonyl (C=O) groups is 2. The Morgan fingerprint density at radius 2 is 1.78 bits per heavy atom. The SMILES string of the molecule is O=C(O)c1cccc(NC(=O)c2cc(S(=O)(=O)N3CCCC3)ccc2Cl)c1. The largest absolute Gasteiger partial charge is 0.478 e. The summed E-state index contributed by atoms with van der Waals surface area (Å²) in [7, 11) is -3.69. The van der Waals surface area contributed by atoms with E-state index >= 15 is 0 Å². The van der Waals surface area contributed by atoms with Gasteiger partial charge in [0.25, 0.3) is 5.91 Å². The highest BCUT2D eigenvalue weighted by Gasteiger charge is 2.28. The minimum Gasteiger partial charge on any atom is -0.478 e. The topological polar surface area (TPSA) is 104 Å². The Labute approximate surface area is 161 Å². The number of carboxylic acid groups (broad SMARTS) is 1. The molecule has 1 aliphatic heterocycles. The predicted molar refractivity (Wildman–Crippen MR) is 101 cm³/mol. The van der Waals surface area contributed by atoms with Crippen molar-refractivity contribution in [3.63, 3.8) is 0 Å². The van der Waals surface area contributed by atoms with Gasteiger partial charge in [0, 0.05) is 18.8 Å². The first-order valence-corrected chi connectivity index (χ1v) is 10.1. The second-order valence-electron chi connectivity index (χ2n) is 6.09. The highest BCUT2D eigenvalue weighted by Crippen LogP contribution is 2.26. The zero-order chi connectivity index (χ0) is 19.6.